The van der Waals surface area contributed by atoms with Crippen molar-refractivity contribution in [3.05, 3.63) is 23.6 Å². The monoisotopic (exact) mass is 166 g/mol. The predicted octanol–water partition coefficient (Wildman–Crippen LogP) is 3.12. The Labute approximate surface area is 61.2 Å². The Morgan fingerprint density at radius 1 is 1.27 bits per heavy atom. The maximum atomic E-state index is 12.5. The van der Waals surface area contributed by atoms with Gasteiger partial charge in [0.05, 0.1) is 5.57 Å². The number of halogens is 4. The number of allylic oxidation sites excluding steroid dienone is 4. The van der Waals surface area contributed by atoms with E-state index in [0.717, 1.165) is 6.08 Å². The van der Waals surface area contributed by atoms with Crippen LogP contribution in [-0.4, -0.2) is 6.18 Å². The molecule has 0 radical (unpaired) electrons. The van der Waals surface area contributed by atoms with Gasteiger partial charge in [-0.3, -0.25) is 0 Å². The lowest BCUT2D eigenvalue weighted by Gasteiger charge is -2.11. The minimum atomic E-state index is -4.54. The second kappa shape index (κ2) is 2.68. The average Bonchev–Trinajstić information content (AvgIpc) is 1.86. The highest BCUT2D eigenvalue weighted by Gasteiger charge is 2.35. The van der Waals surface area contributed by atoms with E-state index in [4.69, 9.17) is 0 Å². The Morgan fingerprint density at radius 3 is 2.27 bits per heavy atom. The predicted molar refractivity (Wildman–Crippen MR) is 32.6 cm³/mol. The molecule has 0 saturated carbocycles. The molecule has 1 aliphatic carbocycles. The summed E-state index contributed by atoms with van der Waals surface area (Å²) in [6.07, 6.45) is -2.21. The van der Waals surface area contributed by atoms with Crippen LogP contribution in [0.4, 0.5) is 17.6 Å². The van der Waals surface area contributed by atoms with Gasteiger partial charge in [-0.2, -0.15) is 13.2 Å². The van der Waals surface area contributed by atoms with Crippen molar-refractivity contribution >= 4 is 0 Å². The molecule has 0 aromatic rings. The molecule has 0 amide bonds. The zero-order valence-electron chi connectivity index (χ0n) is 5.58. The van der Waals surface area contributed by atoms with Crippen LogP contribution in [0.2, 0.25) is 0 Å². The fourth-order valence-corrected chi connectivity index (χ4v) is 0.885. The normalized spacial score (nSPS) is 19.3. The topological polar surface area (TPSA) is 0 Å². The first-order valence-corrected chi connectivity index (χ1v) is 3.14. The van der Waals surface area contributed by atoms with Gasteiger partial charge in [-0.1, -0.05) is 12.2 Å². The standard InChI is InChI=1S/C7H6F4/c8-6-4-2-1-3-5(6)7(9,10)11/h1,3H,2,4H2. The quantitative estimate of drug-likeness (QED) is 0.485. The third-order valence-electron chi connectivity index (χ3n) is 1.41. The summed E-state index contributed by atoms with van der Waals surface area (Å²) in [6.45, 7) is 0. The van der Waals surface area contributed by atoms with Crippen LogP contribution >= 0.6 is 0 Å². The van der Waals surface area contributed by atoms with E-state index in [9.17, 15) is 17.6 Å². The van der Waals surface area contributed by atoms with Crippen LogP contribution in [-0.2, 0) is 0 Å². The van der Waals surface area contributed by atoms with E-state index in [0.29, 0.717) is 6.42 Å². The van der Waals surface area contributed by atoms with Gasteiger partial charge in [-0.05, 0) is 6.42 Å². The largest absolute Gasteiger partial charge is 0.418 e. The van der Waals surface area contributed by atoms with Crippen LogP contribution in [0.5, 0.6) is 0 Å². The maximum absolute atomic E-state index is 12.5. The van der Waals surface area contributed by atoms with E-state index in [1.807, 2.05) is 0 Å². The van der Waals surface area contributed by atoms with Crippen LogP contribution in [0.15, 0.2) is 23.6 Å². The summed E-state index contributed by atoms with van der Waals surface area (Å²) in [5, 5.41) is 0. The molecule has 1 aliphatic rings. The molecular formula is C7H6F4. The Bertz CT molecular complexity index is 209. The summed E-state index contributed by atoms with van der Waals surface area (Å²) in [5.41, 5.74) is -1.14. The summed E-state index contributed by atoms with van der Waals surface area (Å²) in [7, 11) is 0. The van der Waals surface area contributed by atoms with E-state index >= 15 is 0 Å². The van der Waals surface area contributed by atoms with E-state index in [2.05, 4.69) is 0 Å². The lowest BCUT2D eigenvalue weighted by Crippen LogP contribution is -2.13. The summed E-state index contributed by atoms with van der Waals surface area (Å²) >= 11 is 0. The molecule has 0 heterocycles. The van der Waals surface area contributed by atoms with Crippen molar-refractivity contribution in [2.45, 2.75) is 19.0 Å². The Hall–Kier alpha value is -0.800. The number of hydrogen-bond donors (Lipinski definition) is 0. The first kappa shape index (κ1) is 8.30. The zero-order valence-corrected chi connectivity index (χ0v) is 5.58. The van der Waals surface area contributed by atoms with Crippen molar-refractivity contribution in [2.24, 2.45) is 0 Å². The number of rotatable bonds is 0. The molecule has 0 fully saturated rings. The van der Waals surface area contributed by atoms with Gasteiger partial charge in [0.2, 0.25) is 0 Å². The maximum Gasteiger partial charge on any atom is 0.418 e. The van der Waals surface area contributed by atoms with E-state index < -0.39 is 17.6 Å². The average molecular weight is 166 g/mol. The zero-order chi connectivity index (χ0) is 8.48. The Morgan fingerprint density at radius 2 is 1.91 bits per heavy atom. The van der Waals surface area contributed by atoms with Crippen molar-refractivity contribution in [2.75, 3.05) is 0 Å². The van der Waals surface area contributed by atoms with Gasteiger partial charge in [-0.25, -0.2) is 4.39 Å². The first-order valence-electron chi connectivity index (χ1n) is 3.14. The molecule has 0 aromatic heterocycles. The molecule has 4 heteroatoms. The third-order valence-corrected chi connectivity index (χ3v) is 1.41. The van der Waals surface area contributed by atoms with Crippen molar-refractivity contribution in [1.82, 2.24) is 0 Å². The fourth-order valence-electron chi connectivity index (χ4n) is 0.885. The van der Waals surface area contributed by atoms with Gasteiger partial charge in [0.1, 0.15) is 5.83 Å². The molecule has 0 nitrogen and oxygen atoms in total. The number of hydrogen-bond acceptors (Lipinski definition) is 0. The van der Waals surface area contributed by atoms with Gasteiger partial charge in [-0.15, -0.1) is 0 Å². The summed E-state index contributed by atoms with van der Waals surface area (Å²) in [4.78, 5) is 0. The summed E-state index contributed by atoms with van der Waals surface area (Å²) in [6, 6.07) is 0. The SMILES string of the molecule is FC1=C(C(F)(F)F)C=CCC1. The molecule has 62 valence electrons. The molecule has 0 bridgehead atoms. The molecule has 0 aliphatic heterocycles. The molecule has 0 N–H and O–H groups in total. The van der Waals surface area contributed by atoms with Crippen molar-refractivity contribution in [3.8, 4) is 0 Å². The van der Waals surface area contributed by atoms with Crippen LogP contribution in [0.25, 0.3) is 0 Å². The Balaban J connectivity index is 2.93. The van der Waals surface area contributed by atoms with Gasteiger partial charge in [0.25, 0.3) is 0 Å². The minimum Gasteiger partial charge on any atom is -0.211 e. The second-order valence-electron chi connectivity index (χ2n) is 2.26. The van der Waals surface area contributed by atoms with Crippen LogP contribution in [0.3, 0.4) is 0 Å². The van der Waals surface area contributed by atoms with Crippen molar-refractivity contribution in [1.29, 1.82) is 0 Å². The van der Waals surface area contributed by atoms with Gasteiger partial charge < -0.3 is 0 Å². The molecular weight excluding hydrogens is 160 g/mol. The van der Waals surface area contributed by atoms with Gasteiger partial charge in [0.15, 0.2) is 0 Å². The van der Waals surface area contributed by atoms with E-state index in [1.165, 1.54) is 6.08 Å². The Kier molecular flexibility index (Phi) is 2.02. The highest BCUT2D eigenvalue weighted by atomic mass is 19.4. The molecule has 0 atom stereocenters. The highest BCUT2D eigenvalue weighted by molar-refractivity contribution is 5.29. The highest BCUT2D eigenvalue weighted by Crippen LogP contribution is 2.33. The lowest BCUT2D eigenvalue weighted by atomic mass is 10.1. The van der Waals surface area contributed by atoms with Crippen molar-refractivity contribution < 1.29 is 17.6 Å². The molecule has 0 spiro atoms. The van der Waals surface area contributed by atoms with E-state index in [-0.39, 0.29) is 6.42 Å². The molecule has 11 heavy (non-hydrogen) atoms. The second-order valence-corrected chi connectivity index (χ2v) is 2.26. The smallest absolute Gasteiger partial charge is 0.211 e. The van der Waals surface area contributed by atoms with Crippen LogP contribution in [0, 0.1) is 0 Å². The van der Waals surface area contributed by atoms with E-state index in [1.54, 1.807) is 0 Å². The first-order chi connectivity index (χ1) is 5.02. The fraction of sp³-hybridized carbons (Fsp3) is 0.429. The lowest BCUT2D eigenvalue weighted by molar-refractivity contribution is -0.0904. The number of alkyl halides is 3. The molecule has 0 saturated heterocycles. The van der Waals surface area contributed by atoms with Gasteiger partial charge >= 0.3 is 6.18 Å². The van der Waals surface area contributed by atoms with Crippen molar-refractivity contribution in [3.63, 3.8) is 0 Å². The summed E-state index contributed by atoms with van der Waals surface area (Å²) < 4.78 is 48.0. The molecule has 0 aromatic carbocycles. The summed E-state index contributed by atoms with van der Waals surface area (Å²) in [5.74, 6) is -1.06. The molecule has 1 rings (SSSR count). The third kappa shape index (κ3) is 1.82. The minimum absolute atomic E-state index is 0.134. The van der Waals surface area contributed by atoms with Gasteiger partial charge in [0, 0.05) is 6.42 Å². The van der Waals surface area contributed by atoms with Crippen LogP contribution in [0.1, 0.15) is 12.8 Å². The molecule has 0 unspecified atom stereocenters. The van der Waals surface area contributed by atoms with Crippen LogP contribution < -0.4 is 0 Å².